The van der Waals surface area contributed by atoms with Gasteiger partial charge in [0.25, 0.3) is 0 Å². The molecule has 21 heavy (non-hydrogen) atoms. The Morgan fingerprint density at radius 1 is 1.38 bits per heavy atom. The molecule has 108 valence electrons. The fourth-order valence-corrected chi connectivity index (χ4v) is 2.51. The van der Waals surface area contributed by atoms with Crippen LogP contribution in [-0.2, 0) is 6.54 Å². The van der Waals surface area contributed by atoms with E-state index in [1.54, 1.807) is 12.3 Å². The third-order valence-electron chi connectivity index (χ3n) is 3.14. The fraction of sp³-hybridized carbons (Fsp3) is 0.214. The molecule has 4 nitrogen and oxygen atoms in total. The van der Waals surface area contributed by atoms with Crippen molar-refractivity contribution in [1.29, 1.82) is 0 Å². The highest BCUT2D eigenvalue weighted by Gasteiger charge is 2.17. The van der Waals surface area contributed by atoms with Gasteiger partial charge in [0.15, 0.2) is 0 Å². The summed E-state index contributed by atoms with van der Waals surface area (Å²) >= 11 is 12.0. The van der Waals surface area contributed by atoms with Crippen LogP contribution in [0.15, 0.2) is 30.7 Å². The lowest BCUT2D eigenvalue weighted by Gasteiger charge is -2.10. The molecule has 0 aliphatic carbocycles. The second-order valence-electron chi connectivity index (χ2n) is 4.63. The maximum absolute atomic E-state index is 13.7. The molecular formula is C14H11Cl2FN4. The number of imidazole rings is 1. The molecule has 2 heterocycles. The molecule has 0 radical (unpaired) electrons. The number of alkyl halides is 1. The van der Waals surface area contributed by atoms with Crippen molar-refractivity contribution in [3.63, 3.8) is 0 Å². The van der Waals surface area contributed by atoms with Gasteiger partial charge in [-0.1, -0.05) is 11.6 Å². The lowest BCUT2D eigenvalue weighted by Crippen LogP contribution is -2.07. The smallest absolute Gasteiger partial charge is 0.144 e. The van der Waals surface area contributed by atoms with E-state index in [-0.39, 0.29) is 10.4 Å². The van der Waals surface area contributed by atoms with Crippen LogP contribution in [0.2, 0.25) is 5.02 Å². The summed E-state index contributed by atoms with van der Waals surface area (Å²) in [5.41, 5.74) is 2.04. The Morgan fingerprint density at radius 3 is 2.86 bits per heavy atom. The molecular weight excluding hydrogens is 314 g/mol. The van der Waals surface area contributed by atoms with Crippen LogP contribution >= 0.6 is 23.2 Å². The first-order valence-electron chi connectivity index (χ1n) is 6.30. The molecule has 1 atom stereocenters. The SMILES string of the molecule is CC(Cl)c1nc2cc(Cl)c(F)cc2n1Cc1ccncn1. The Balaban J connectivity index is 2.18. The molecule has 0 amide bonds. The second-order valence-corrected chi connectivity index (χ2v) is 5.69. The average Bonchev–Trinajstić information content (AvgIpc) is 2.79. The Hall–Kier alpha value is -1.72. The molecule has 0 fully saturated rings. The normalized spacial score (nSPS) is 12.8. The third-order valence-corrected chi connectivity index (χ3v) is 3.62. The van der Waals surface area contributed by atoms with E-state index >= 15 is 0 Å². The van der Waals surface area contributed by atoms with Crippen LogP contribution in [0.25, 0.3) is 11.0 Å². The molecule has 0 bridgehead atoms. The summed E-state index contributed by atoms with van der Waals surface area (Å²) in [5, 5.41) is -0.274. The highest BCUT2D eigenvalue weighted by molar-refractivity contribution is 6.31. The molecule has 0 aliphatic rings. The number of benzene rings is 1. The number of hydrogen-bond acceptors (Lipinski definition) is 3. The van der Waals surface area contributed by atoms with Crippen LogP contribution in [0.4, 0.5) is 4.39 Å². The maximum atomic E-state index is 13.7. The molecule has 0 spiro atoms. The van der Waals surface area contributed by atoms with Gasteiger partial charge in [-0.15, -0.1) is 11.6 Å². The minimum Gasteiger partial charge on any atom is -0.321 e. The Bertz CT molecular complexity index is 787. The van der Waals surface area contributed by atoms with Gasteiger partial charge >= 0.3 is 0 Å². The maximum Gasteiger partial charge on any atom is 0.144 e. The second kappa shape index (κ2) is 5.58. The van der Waals surface area contributed by atoms with Crippen LogP contribution < -0.4 is 0 Å². The first-order valence-corrected chi connectivity index (χ1v) is 7.12. The van der Waals surface area contributed by atoms with Crippen molar-refractivity contribution in [2.75, 3.05) is 0 Å². The number of aromatic nitrogens is 4. The molecule has 2 aromatic heterocycles. The number of hydrogen-bond donors (Lipinski definition) is 0. The molecule has 3 aromatic rings. The zero-order valence-corrected chi connectivity index (χ0v) is 12.6. The van der Waals surface area contributed by atoms with Crippen molar-refractivity contribution in [3.8, 4) is 0 Å². The van der Waals surface area contributed by atoms with Crippen molar-refractivity contribution >= 4 is 34.2 Å². The van der Waals surface area contributed by atoms with Crippen LogP contribution in [-0.4, -0.2) is 19.5 Å². The van der Waals surface area contributed by atoms with E-state index in [0.29, 0.717) is 23.4 Å². The number of nitrogens with zero attached hydrogens (tertiary/aromatic N) is 4. The van der Waals surface area contributed by atoms with Gasteiger partial charge in [0, 0.05) is 12.3 Å². The molecule has 7 heteroatoms. The van der Waals surface area contributed by atoms with Gasteiger partial charge in [-0.3, -0.25) is 0 Å². The average molecular weight is 325 g/mol. The highest BCUT2D eigenvalue weighted by atomic mass is 35.5. The molecule has 3 rings (SSSR count). The zero-order valence-electron chi connectivity index (χ0n) is 11.1. The van der Waals surface area contributed by atoms with Crippen LogP contribution in [0.5, 0.6) is 0 Å². The van der Waals surface area contributed by atoms with Crippen molar-refractivity contribution < 1.29 is 4.39 Å². The van der Waals surface area contributed by atoms with Gasteiger partial charge in [-0.25, -0.2) is 19.3 Å². The summed E-state index contributed by atoms with van der Waals surface area (Å²) in [4.78, 5) is 12.5. The predicted molar refractivity (Wildman–Crippen MR) is 80.1 cm³/mol. The molecule has 1 unspecified atom stereocenters. The van der Waals surface area contributed by atoms with Gasteiger partial charge in [0.2, 0.25) is 0 Å². The largest absolute Gasteiger partial charge is 0.321 e. The van der Waals surface area contributed by atoms with Crippen molar-refractivity contribution in [1.82, 2.24) is 19.5 Å². The minimum absolute atomic E-state index is 0.0444. The van der Waals surface area contributed by atoms with Gasteiger partial charge in [0.1, 0.15) is 18.0 Å². The van der Waals surface area contributed by atoms with E-state index in [1.807, 2.05) is 11.5 Å². The molecule has 0 saturated heterocycles. The quantitative estimate of drug-likeness (QED) is 0.685. The van der Waals surface area contributed by atoms with Gasteiger partial charge in [-0.05, 0) is 19.1 Å². The zero-order chi connectivity index (χ0) is 15.0. The summed E-state index contributed by atoms with van der Waals surface area (Å²) in [6, 6.07) is 4.67. The monoisotopic (exact) mass is 324 g/mol. The van der Waals surface area contributed by atoms with Gasteiger partial charge < -0.3 is 4.57 Å². The van der Waals surface area contributed by atoms with Crippen LogP contribution in [0.3, 0.4) is 0 Å². The first-order chi connectivity index (χ1) is 10.1. The number of fused-ring (bicyclic) bond motifs is 1. The van der Waals surface area contributed by atoms with E-state index in [1.165, 1.54) is 18.5 Å². The Morgan fingerprint density at radius 2 is 2.19 bits per heavy atom. The summed E-state index contributed by atoms with van der Waals surface area (Å²) in [7, 11) is 0. The summed E-state index contributed by atoms with van der Waals surface area (Å²) < 4.78 is 15.6. The summed E-state index contributed by atoms with van der Waals surface area (Å²) in [6.45, 7) is 2.25. The Kier molecular flexibility index (Phi) is 3.78. The molecule has 1 aromatic carbocycles. The van der Waals surface area contributed by atoms with Crippen molar-refractivity contribution in [3.05, 3.63) is 53.1 Å². The van der Waals surface area contributed by atoms with Gasteiger partial charge in [0.05, 0.1) is 33.7 Å². The van der Waals surface area contributed by atoms with E-state index in [2.05, 4.69) is 15.0 Å². The lowest BCUT2D eigenvalue weighted by atomic mass is 10.3. The van der Waals surface area contributed by atoms with Crippen molar-refractivity contribution in [2.24, 2.45) is 0 Å². The Labute approximate surface area is 130 Å². The molecule has 0 N–H and O–H groups in total. The third kappa shape index (κ3) is 2.71. The highest BCUT2D eigenvalue weighted by Crippen LogP contribution is 2.28. The summed E-state index contributed by atoms with van der Waals surface area (Å²) in [5.74, 6) is 0.161. The summed E-state index contributed by atoms with van der Waals surface area (Å²) in [6.07, 6.45) is 3.12. The fourth-order valence-electron chi connectivity index (χ4n) is 2.18. The van der Waals surface area contributed by atoms with Crippen LogP contribution in [0, 0.1) is 5.82 Å². The van der Waals surface area contributed by atoms with E-state index in [0.717, 1.165) is 5.69 Å². The first kappa shape index (κ1) is 14.2. The standard InChI is InChI=1S/C14H11Cl2FN4/c1-8(15)14-20-12-4-10(16)11(17)5-13(12)21(14)6-9-2-3-18-7-19-9/h2-5,7-8H,6H2,1H3. The molecule has 0 aliphatic heterocycles. The van der Waals surface area contributed by atoms with E-state index < -0.39 is 5.82 Å². The predicted octanol–water partition coefficient (Wildman–Crippen LogP) is 3.97. The number of halogens is 3. The van der Waals surface area contributed by atoms with Crippen LogP contribution in [0.1, 0.15) is 23.8 Å². The van der Waals surface area contributed by atoms with E-state index in [4.69, 9.17) is 23.2 Å². The van der Waals surface area contributed by atoms with E-state index in [9.17, 15) is 4.39 Å². The van der Waals surface area contributed by atoms with Crippen molar-refractivity contribution in [2.45, 2.75) is 18.8 Å². The topological polar surface area (TPSA) is 43.6 Å². The molecule has 0 saturated carbocycles. The lowest BCUT2D eigenvalue weighted by molar-refractivity contribution is 0.628. The van der Waals surface area contributed by atoms with Gasteiger partial charge in [-0.2, -0.15) is 0 Å². The number of rotatable bonds is 3. The minimum atomic E-state index is -0.484.